The topological polar surface area (TPSA) is 37.3 Å². The van der Waals surface area contributed by atoms with Gasteiger partial charge < -0.3 is 5.11 Å². The standard InChI is InChI=1S/C10H9F3O2/c11-10(12,13)6-5-9(15)7-1-3-8(14)4-2-7/h1-4,14H,5-6H2. The van der Waals surface area contributed by atoms with E-state index in [0.29, 0.717) is 0 Å². The quantitative estimate of drug-likeness (QED) is 0.792. The summed E-state index contributed by atoms with van der Waals surface area (Å²) < 4.78 is 35.4. The van der Waals surface area contributed by atoms with Crippen molar-refractivity contribution in [2.45, 2.75) is 19.0 Å². The summed E-state index contributed by atoms with van der Waals surface area (Å²) in [6.45, 7) is 0. The van der Waals surface area contributed by atoms with Crippen LogP contribution in [0, 0.1) is 0 Å². The zero-order valence-electron chi connectivity index (χ0n) is 7.71. The molecule has 1 aromatic rings. The van der Waals surface area contributed by atoms with Crippen LogP contribution in [0.2, 0.25) is 0 Å². The van der Waals surface area contributed by atoms with Crippen molar-refractivity contribution < 1.29 is 23.1 Å². The van der Waals surface area contributed by atoms with Crippen LogP contribution in [0.5, 0.6) is 5.75 Å². The third-order valence-corrected chi connectivity index (χ3v) is 1.82. The van der Waals surface area contributed by atoms with Gasteiger partial charge in [-0.1, -0.05) is 0 Å². The van der Waals surface area contributed by atoms with Crippen molar-refractivity contribution >= 4 is 5.78 Å². The molecule has 0 heterocycles. The molecular formula is C10H9F3O2. The lowest BCUT2D eigenvalue weighted by Crippen LogP contribution is -2.10. The fourth-order valence-electron chi connectivity index (χ4n) is 1.05. The SMILES string of the molecule is O=C(CCC(F)(F)F)c1ccc(O)cc1. The van der Waals surface area contributed by atoms with E-state index >= 15 is 0 Å². The molecule has 0 saturated carbocycles. The highest BCUT2D eigenvalue weighted by molar-refractivity contribution is 5.96. The number of ketones is 1. The van der Waals surface area contributed by atoms with E-state index in [2.05, 4.69) is 0 Å². The summed E-state index contributed by atoms with van der Waals surface area (Å²) in [4.78, 5) is 11.2. The van der Waals surface area contributed by atoms with E-state index in [-0.39, 0.29) is 11.3 Å². The Morgan fingerprint density at radius 1 is 1.20 bits per heavy atom. The molecule has 0 spiro atoms. The number of phenolic OH excluding ortho intramolecular Hbond substituents is 1. The van der Waals surface area contributed by atoms with E-state index in [9.17, 15) is 18.0 Å². The molecule has 82 valence electrons. The highest BCUT2D eigenvalue weighted by Gasteiger charge is 2.27. The number of benzene rings is 1. The van der Waals surface area contributed by atoms with Crippen LogP contribution in [0.4, 0.5) is 13.2 Å². The molecule has 0 fully saturated rings. The monoisotopic (exact) mass is 218 g/mol. The molecule has 0 bridgehead atoms. The summed E-state index contributed by atoms with van der Waals surface area (Å²) in [7, 11) is 0. The highest BCUT2D eigenvalue weighted by Crippen LogP contribution is 2.22. The first kappa shape index (κ1) is 11.6. The Bertz CT molecular complexity index is 341. The fraction of sp³-hybridized carbons (Fsp3) is 0.300. The van der Waals surface area contributed by atoms with Crippen molar-refractivity contribution in [1.29, 1.82) is 0 Å². The summed E-state index contributed by atoms with van der Waals surface area (Å²) in [6.07, 6.45) is -5.99. The molecule has 0 unspecified atom stereocenters. The molecule has 1 aromatic carbocycles. The van der Waals surface area contributed by atoms with Gasteiger partial charge in [0.2, 0.25) is 0 Å². The lowest BCUT2D eigenvalue weighted by atomic mass is 10.1. The largest absolute Gasteiger partial charge is 0.508 e. The van der Waals surface area contributed by atoms with Gasteiger partial charge in [0, 0.05) is 12.0 Å². The average Bonchev–Trinajstić information content (AvgIpc) is 2.14. The predicted octanol–water partition coefficient (Wildman–Crippen LogP) is 2.92. The van der Waals surface area contributed by atoms with Gasteiger partial charge in [-0.25, -0.2) is 0 Å². The van der Waals surface area contributed by atoms with Crippen LogP contribution >= 0.6 is 0 Å². The Balaban J connectivity index is 2.58. The summed E-state index contributed by atoms with van der Waals surface area (Å²) in [5.41, 5.74) is 0.178. The molecule has 2 nitrogen and oxygen atoms in total. The smallest absolute Gasteiger partial charge is 0.389 e. The second-order valence-corrected chi connectivity index (χ2v) is 3.09. The Labute approximate surface area is 84.3 Å². The molecule has 0 aliphatic rings. The number of aromatic hydroxyl groups is 1. The molecule has 15 heavy (non-hydrogen) atoms. The van der Waals surface area contributed by atoms with Gasteiger partial charge in [-0.3, -0.25) is 4.79 Å². The highest BCUT2D eigenvalue weighted by atomic mass is 19.4. The number of Topliss-reactive ketones (excluding diaryl/α,β-unsaturated/α-hetero) is 1. The molecule has 0 radical (unpaired) electrons. The summed E-state index contributed by atoms with van der Waals surface area (Å²) >= 11 is 0. The Morgan fingerprint density at radius 3 is 2.20 bits per heavy atom. The lowest BCUT2D eigenvalue weighted by Gasteiger charge is -2.05. The second kappa shape index (κ2) is 4.33. The van der Waals surface area contributed by atoms with Crippen LogP contribution in [0.3, 0.4) is 0 Å². The number of carbonyl (C=O) groups excluding carboxylic acids is 1. The number of halogens is 3. The molecule has 1 N–H and O–H groups in total. The minimum Gasteiger partial charge on any atom is -0.508 e. The van der Waals surface area contributed by atoms with Crippen molar-refractivity contribution in [2.24, 2.45) is 0 Å². The third kappa shape index (κ3) is 4.01. The average molecular weight is 218 g/mol. The van der Waals surface area contributed by atoms with E-state index in [1.165, 1.54) is 24.3 Å². The van der Waals surface area contributed by atoms with Crippen LogP contribution in [-0.2, 0) is 0 Å². The second-order valence-electron chi connectivity index (χ2n) is 3.09. The molecule has 0 aromatic heterocycles. The van der Waals surface area contributed by atoms with Gasteiger partial charge >= 0.3 is 6.18 Å². The van der Waals surface area contributed by atoms with E-state index in [1.54, 1.807) is 0 Å². The number of hydrogen-bond acceptors (Lipinski definition) is 2. The Kier molecular flexibility index (Phi) is 3.34. The van der Waals surface area contributed by atoms with Gasteiger partial charge in [0.15, 0.2) is 5.78 Å². The third-order valence-electron chi connectivity index (χ3n) is 1.82. The molecule has 0 atom stereocenters. The normalized spacial score (nSPS) is 11.4. The first-order valence-electron chi connectivity index (χ1n) is 4.27. The van der Waals surface area contributed by atoms with Gasteiger partial charge in [0.25, 0.3) is 0 Å². The first-order valence-corrected chi connectivity index (χ1v) is 4.27. The molecule has 0 aliphatic heterocycles. The maximum atomic E-state index is 11.8. The van der Waals surface area contributed by atoms with Crippen molar-refractivity contribution in [1.82, 2.24) is 0 Å². The number of carbonyl (C=O) groups is 1. The van der Waals surface area contributed by atoms with Gasteiger partial charge in [-0.05, 0) is 24.3 Å². The predicted molar refractivity (Wildman–Crippen MR) is 47.7 cm³/mol. The van der Waals surface area contributed by atoms with E-state index in [1.807, 2.05) is 0 Å². The van der Waals surface area contributed by atoms with Gasteiger partial charge in [-0.15, -0.1) is 0 Å². The minimum absolute atomic E-state index is 0.0256. The lowest BCUT2D eigenvalue weighted by molar-refractivity contribution is -0.133. The zero-order chi connectivity index (χ0) is 11.5. The molecule has 1 rings (SSSR count). The Hall–Kier alpha value is -1.52. The number of rotatable bonds is 3. The number of phenols is 1. The molecule has 5 heteroatoms. The molecule has 0 amide bonds. The van der Waals surface area contributed by atoms with E-state index in [4.69, 9.17) is 5.11 Å². The maximum Gasteiger partial charge on any atom is 0.389 e. The van der Waals surface area contributed by atoms with E-state index < -0.39 is 24.8 Å². The minimum atomic E-state index is -4.31. The fourth-order valence-corrected chi connectivity index (χ4v) is 1.05. The molecule has 0 aliphatic carbocycles. The summed E-state index contributed by atoms with van der Waals surface area (Å²) in [5, 5.41) is 8.91. The van der Waals surface area contributed by atoms with Crippen molar-refractivity contribution in [3.8, 4) is 5.75 Å². The van der Waals surface area contributed by atoms with Gasteiger partial charge in [0.1, 0.15) is 5.75 Å². The zero-order valence-corrected chi connectivity index (χ0v) is 7.71. The molecule has 0 saturated heterocycles. The van der Waals surface area contributed by atoms with Gasteiger partial charge in [0.05, 0.1) is 6.42 Å². The van der Waals surface area contributed by atoms with Crippen LogP contribution < -0.4 is 0 Å². The Morgan fingerprint density at radius 2 is 1.73 bits per heavy atom. The van der Waals surface area contributed by atoms with Crippen molar-refractivity contribution in [3.63, 3.8) is 0 Å². The van der Waals surface area contributed by atoms with Crippen molar-refractivity contribution in [3.05, 3.63) is 29.8 Å². The van der Waals surface area contributed by atoms with Gasteiger partial charge in [-0.2, -0.15) is 13.2 Å². The van der Waals surface area contributed by atoms with Crippen LogP contribution in [-0.4, -0.2) is 17.1 Å². The van der Waals surface area contributed by atoms with Crippen LogP contribution in [0.25, 0.3) is 0 Å². The summed E-state index contributed by atoms with van der Waals surface area (Å²) in [6, 6.07) is 5.13. The number of alkyl halides is 3. The maximum absolute atomic E-state index is 11.8. The van der Waals surface area contributed by atoms with Crippen molar-refractivity contribution in [2.75, 3.05) is 0 Å². The molecular weight excluding hydrogens is 209 g/mol. The summed E-state index contributed by atoms with van der Waals surface area (Å²) in [5.74, 6) is -0.602. The van der Waals surface area contributed by atoms with Crippen LogP contribution in [0.15, 0.2) is 24.3 Å². The van der Waals surface area contributed by atoms with Crippen LogP contribution in [0.1, 0.15) is 23.2 Å². The van der Waals surface area contributed by atoms with E-state index in [0.717, 1.165) is 0 Å². The number of hydrogen-bond donors (Lipinski definition) is 1. The first-order chi connectivity index (χ1) is 6.88.